The van der Waals surface area contributed by atoms with Gasteiger partial charge in [-0.15, -0.1) is 0 Å². The predicted octanol–water partition coefficient (Wildman–Crippen LogP) is 2.15. The van der Waals surface area contributed by atoms with Crippen molar-refractivity contribution >= 4 is 11.6 Å². The molecule has 0 aromatic heterocycles. The Kier molecular flexibility index (Phi) is 3.31. The van der Waals surface area contributed by atoms with Crippen LogP contribution in [0.15, 0.2) is 11.4 Å². The second-order valence-electron chi connectivity index (χ2n) is 8.03. The van der Waals surface area contributed by atoms with Crippen LogP contribution in [-0.4, -0.2) is 23.7 Å². The first kappa shape index (κ1) is 14.3. The molecule has 2 aliphatic heterocycles. The molecule has 2 N–H and O–H groups in total. The van der Waals surface area contributed by atoms with E-state index in [2.05, 4.69) is 24.5 Å². The lowest BCUT2D eigenvalue weighted by Crippen LogP contribution is -2.33. The molecule has 2 saturated carbocycles. The summed E-state index contributed by atoms with van der Waals surface area (Å²) >= 11 is 0. The van der Waals surface area contributed by atoms with E-state index in [9.17, 15) is 9.59 Å². The van der Waals surface area contributed by atoms with Crippen molar-refractivity contribution in [1.82, 2.24) is 10.6 Å². The van der Waals surface area contributed by atoms with Crippen LogP contribution in [0.3, 0.4) is 0 Å². The maximum absolute atomic E-state index is 12.8. The first-order chi connectivity index (χ1) is 10.5. The summed E-state index contributed by atoms with van der Waals surface area (Å²) in [5, 5.41) is 6.81. The minimum Gasteiger partial charge on any atom is -0.377 e. The SMILES string of the molecule is CC1CCC2N/C(=C3/NC4CCC(C)CC4C3=O)C(=O)C2C1. The van der Waals surface area contributed by atoms with Gasteiger partial charge in [0.05, 0.1) is 0 Å². The van der Waals surface area contributed by atoms with Gasteiger partial charge in [0, 0.05) is 23.9 Å². The molecule has 0 aromatic carbocycles. The predicted molar refractivity (Wildman–Crippen MR) is 83.9 cm³/mol. The average Bonchev–Trinajstić information content (AvgIpc) is 2.98. The standard InChI is InChI=1S/C18H26N2O2/c1-9-3-5-13-11(7-9)17(21)15(19-13)16-18(22)12-8-10(2)4-6-14(12)20-16/h9-14,19-20H,3-8H2,1-2H3/b16-15+. The highest BCUT2D eigenvalue weighted by molar-refractivity contribution is 6.10. The second kappa shape index (κ2) is 5.10. The Bertz CT molecular complexity index is 505. The molecule has 4 aliphatic rings. The Labute approximate surface area is 132 Å². The third-order valence-electron chi connectivity index (χ3n) is 6.30. The van der Waals surface area contributed by atoms with Crippen LogP contribution in [0.2, 0.25) is 0 Å². The zero-order valence-electron chi connectivity index (χ0n) is 13.5. The van der Waals surface area contributed by atoms with Gasteiger partial charge in [0.25, 0.3) is 0 Å². The van der Waals surface area contributed by atoms with Crippen LogP contribution >= 0.6 is 0 Å². The van der Waals surface area contributed by atoms with Crippen molar-refractivity contribution < 1.29 is 9.59 Å². The van der Waals surface area contributed by atoms with E-state index in [1.807, 2.05) is 0 Å². The third kappa shape index (κ3) is 2.10. The maximum Gasteiger partial charge on any atom is 0.186 e. The van der Waals surface area contributed by atoms with Crippen molar-refractivity contribution in [3.63, 3.8) is 0 Å². The largest absolute Gasteiger partial charge is 0.377 e. The van der Waals surface area contributed by atoms with Crippen molar-refractivity contribution in [1.29, 1.82) is 0 Å². The van der Waals surface area contributed by atoms with Gasteiger partial charge in [0.1, 0.15) is 11.4 Å². The van der Waals surface area contributed by atoms with Gasteiger partial charge < -0.3 is 10.6 Å². The summed E-state index contributed by atoms with van der Waals surface area (Å²) in [7, 11) is 0. The molecule has 4 rings (SSSR count). The van der Waals surface area contributed by atoms with Crippen molar-refractivity contribution in [3.8, 4) is 0 Å². The van der Waals surface area contributed by atoms with Crippen molar-refractivity contribution in [2.24, 2.45) is 23.7 Å². The zero-order chi connectivity index (χ0) is 15.4. The molecule has 2 heterocycles. The molecule has 0 amide bonds. The molecule has 4 nitrogen and oxygen atoms in total. The summed E-state index contributed by atoms with van der Waals surface area (Å²) < 4.78 is 0. The maximum atomic E-state index is 12.8. The van der Waals surface area contributed by atoms with E-state index in [0.717, 1.165) is 25.7 Å². The molecule has 2 saturated heterocycles. The summed E-state index contributed by atoms with van der Waals surface area (Å²) in [4.78, 5) is 25.6. The number of carbonyl (C=O) groups is 2. The molecule has 6 atom stereocenters. The number of nitrogens with one attached hydrogen (secondary N) is 2. The number of hydrogen-bond donors (Lipinski definition) is 2. The van der Waals surface area contributed by atoms with E-state index in [0.29, 0.717) is 23.2 Å². The summed E-state index contributed by atoms with van der Waals surface area (Å²) in [5.41, 5.74) is 1.22. The minimum atomic E-state index is 0.0856. The number of hydrogen-bond acceptors (Lipinski definition) is 4. The van der Waals surface area contributed by atoms with Gasteiger partial charge >= 0.3 is 0 Å². The molecule has 0 bridgehead atoms. The lowest BCUT2D eigenvalue weighted by Gasteiger charge is -2.27. The monoisotopic (exact) mass is 302 g/mol. The number of allylic oxidation sites excluding steroid dienone is 2. The molecule has 0 aromatic rings. The fraction of sp³-hybridized carbons (Fsp3) is 0.778. The van der Waals surface area contributed by atoms with Crippen LogP contribution in [0.25, 0.3) is 0 Å². The Balaban J connectivity index is 1.62. The quantitative estimate of drug-likeness (QED) is 0.673. The Morgan fingerprint density at radius 2 is 1.14 bits per heavy atom. The number of Topliss-reactive ketones (excluding diaryl/α,β-unsaturated/α-hetero) is 2. The molecule has 4 heteroatoms. The molecular formula is C18H26N2O2. The highest BCUT2D eigenvalue weighted by Gasteiger charge is 2.48. The van der Waals surface area contributed by atoms with Crippen LogP contribution < -0.4 is 10.6 Å². The van der Waals surface area contributed by atoms with E-state index in [-0.39, 0.29) is 35.5 Å². The van der Waals surface area contributed by atoms with Crippen LogP contribution in [0.1, 0.15) is 52.4 Å². The minimum absolute atomic E-state index is 0.0856. The van der Waals surface area contributed by atoms with E-state index in [1.165, 1.54) is 12.8 Å². The molecular weight excluding hydrogens is 276 g/mol. The summed E-state index contributed by atoms with van der Waals surface area (Å²) in [6.07, 6.45) is 6.37. The smallest absolute Gasteiger partial charge is 0.186 e. The topological polar surface area (TPSA) is 58.2 Å². The molecule has 0 spiro atoms. The molecule has 6 unspecified atom stereocenters. The normalized spacial score (nSPS) is 47.7. The molecule has 4 fully saturated rings. The summed E-state index contributed by atoms with van der Waals surface area (Å²) in [6, 6.07) is 0.504. The highest BCUT2D eigenvalue weighted by Crippen LogP contribution is 2.40. The highest BCUT2D eigenvalue weighted by atomic mass is 16.1. The fourth-order valence-corrected chi connectivity index (χ4v) is 4.96. The van der Waals surface area contributed by atoms with Crippen LogP contribution in [-0.2, 0) is 9.59 Å². The van der Waals surface area contributed by atoms with E-state index in [4.69, 9.17) is 0 Å². The Morgan fingerprint density at radius 3 is 1.55 bits per heavy atom. The molecule has 0 radical (unpaired) electrons. The number of ketones is 2. The van der Waals surface area contributed by atoms with Gasteiger partial charge in [-0.3, -0.25) is 9.59 Å². The average molecular weight is 302 g/mol. The van der Waals surface area contributed by atoms with Crippen molar-refractivity contribution in [3.05, 3.63) is 11.4 Å². The van der Waals surface area contributed by atoms with Gasteiger partial charge in [0.15, 0.2) is 11.6 Å². The Hall–Kier alpha value is -1.32. The third-order valence-corrected chi connectivity index (χ3v) is 6.30. The van der Waals surface area contributed by atoms with Gasteiger partial charge in [-0.25, -0.2) is 0 Å². The summed E-state index contributed by atoms with van der Waals surface area (Å²) in [5.74, 6) is 1.77. The van der Waals surface area contributed by atoms with E-state index >= 15 is 0 Å². The fourth-order valence-electron chi connectivity index (χ4n) is 4.96. The van der Waals surface area contributed by atoms with Crippen molar-refractivity contribution in [2.75, 3.05) is 0 Å². The molecule has 120 valence electrons. The van der Waals surface area contributed by atoms with Crippen LogP contribution in [0, 0.1) is 23.7 Å². The molecule has 2 aliphatic carbocycles. The number of rotatable bonds is 0. The lowest BCUT2D eigenvalue weighted by molar-refractivity contribution is -0.121. The van der Waals surface area contributed by atoms with Gasteiger partial charge in [0.2, 0.25) is 0 Å². The van der Waals surface area contributed by atoms with Crippen molar-refractivity contribution in [2.45, 2.75) is 64.5 Å². The second-order valence-corrected chi connectivity index (χ2v) is 8.03. The van der Waals surface area contributed by atoms with E-state index < -0.39 is 0 Å². The van der Waals surface area contributed by atoms with Gasteiger partial charge in [-0.2, -0.15) is 0 Å². The number of carbonyl (C=O) groups excluding carboxylic acids is 2. The first-order valence-electron chi connectivity index (χ1n) is 8.90. The van der Waals surface area contributed by atoms with Crippen LogP contribution in [0.4, 0.5) is 0 Å². The number of fused-ring (bicyclic) bond motifs is 2. The van der Waals surface area contributed by atoms with Gasteiger partial charge in [-0.1, -0.05) is 13.8 Å². The van der Waals surface area contributed by atoms with Gasteiger partial charge in [-0.05, 0) is 50.4 Å². The zero-order valence-corrected chi connectivity index (χ0v) is 13.5. The van der Waals surface area contributed by atoms with E-state index in [1.54, 1.807) is 0 Å². The lowest BCUT2D eigenvalue weighted by atomic mass is 9.78. The summed E-state index contributed by atoms with van der Waals surface area (Å²) in [6.45, 7) is 4.45. The van der Waals surface area contributed by atoms with Crippen LogP contribution in [0.5, 0.6) is 0 Å². The first-order valence-corrected chi connectivity index (χ1v) is 8.90. The Morgan fingerprint density at radius 1 is 0.727 bits per heavy atom. The molecule has 22 heavy (non-hydrogen) atoms.